The Labute approximate surface area is 121 Å². The molecule has 5 heteroatoms. The number of hydrogen-bond donors (Lipinski definition) is 1. The van der Waals surface area contributed by atoms with E-state index in [4.69, 9.17) is 4.74 Å². The van der Waals surface area contributed by atoms with Crippen molar-refractivity contribution in [3.8, 4) is 0 Å². The molecular formula is C13H19IN2O2. The molecule has 0 bridgehead atoms. The summed E-state index contributed by atoms with van der Waals surface area (Å²) in [4.78, 5) is 19.5. The van der Waals surface area contributed by atoms with Crippen molar-refractivity contribution in [2.24, 2.45) is 5.92 Å². The summed E-state index contributed by atoms with van der Waals surface area (Å²) in [5, 5.41) is 0. The first-order valence-corrected chi connectivity index (χ1v) is 7.52. The van der Waals surface area contributed by atoms with Crippen LogP contribution >= 0.6 is 22.6 Å². The predicted molar refractivity (Wildman–Crippen MR) is 78.9 cm³/mol. The van der Waals surface area contributed by atoms with Crippen LogP contribution in [0.3, 0.4) is 0 Å². The summed E-state index contributed by atoms with van der Waals surface area (Å²) in [6.45, 7) is 5.78. The Bertz CT molecular complexity index is 465. The number of nitrogens with one attached hydrogen (secondary N) is 1. The van der Waals surface area contributed by atoms with E-state index in [0.717, 1.165) is 41.0 Å². The Morgan fingerprint density at radius 1 is 1.56 bits per heavy atom. The lowest BCUT2D eigenvalue weighted by Crippen LogP contribution is -2.24. The molecule has 0 amide bonds. The molecule has 0 saturated carbocycles. The smallest absolute Gasteiger partial charge is 0.264 e. The zero-order valence-corrected chi connectivity index (χ0v) is 13.0. The van der Waals surface area contributed by atoms with Crippen molar-refractivity contribution >= 4 is 22.6 Å². The van der Waals surface area contributed by atoms with Crippen LogP contribution in [0.5, 0.6) is 0 Å². The summed E-state index contributed by atoms with van der Waals surface area (Å²) in [5.74, 6) is 1.55. The van der Waals surface area contributed by atoms with Gasteiger partial charge in [-0.2, -0.15) is 0 Å². The van der Waals surface area contributed by atoms with E-state index in [-0.39, 0.29) is 11.5 Å². The largest absolute Gasteiger partial charge is 0.381 e. The molecule has 1 aromatic heterocycles. The highest BCUT2D eigenvalue weighted by Crippen LogP contribution is 2.23. The summed E-state index contributed by atoms with van der Waals surface area (Å²) in [5.41, 5.74) is 0.914. The molecule has 2 heterocycles. The normalized spacial score (nSPS) is 20.3. The molecule has 1 atom stereocenters. The van der Waals surface area contributed by atoms with Gasteiger partial charge in [0.05, 0.1) is 15.9 Å². The third-order valence-corrected chi connectivity index (χ3v) is 4.21. The summed E-state index contributed by atoms with van der Waals surface area (Å²) in [7, 11) is 0. The molecule has 0 aliphatic carbocycles. The van der Waals surface area contributed by atoms with Crippen molar-refractivity contribution in [1.82, 2.24) is 9.97 Å². The first-order valence-electron chi connectivity index (χ1n) is 6.44. The molecule has 1 aromatic rings. The van der Waals surface area contributed by atoms with Gasteiger partial charge in [-0.25, -0.2) is 4.98 Å². The van der Waals surface area contributed by atoms with E-state index in [1.807, 2.05) is 0 Å². The fraction of sp³-hybridized carbons (Fsp3) is 0.692. The van der Waals surface area contributed by atoms with Crippen LogP contribution in [0.2, 0.25) is 0 Å². The van der Waals surface area contributed by atoms with Crippen LogP contribution in [0, 0.1) is 9.49 Å². The number of hydrogen-bond acceptors (Lipinski definition) is 3. The summed E-state index contributed by atoms with van der Waals surface area (Å²) in [6, 6.07) is 0. The van der Waals surface area contributed by atoms with Gasteiger partial charge < -0.3 is 9.72 Å². The molecule has 0 aromatic carbocycles. The molecule has 2 rings (SSSR count). The number of rotatable bonds is 3. The molecule has 100 valence electrons. The van der Waals surface area contributed by atoms with Crippen molar-refractivity contribution in [1.29, 1.82) is 0 Å². The monoisotopic (exact) mass is 362 g/mol. The number of ether oxygens (including phenoxy) is 1. The fourth-order valence-electron chi connectivity index (χ4n) is 2.20. The van der Waals surface area contributed by atoms with E-state index < -0.39 is 0 Å². The topological polar surface area (TPSA) is 55.0 Å². The molecule has 0 radical (unpaired) electrons. The van der Waals surface area contributed by atoms with Crippen molar-refractivity contribution in [2.45, 2.75) is 39.0 Å². The quantitative estimate of drug-likeness (QED) is 0.841. The van der Waals surface area contributed by atoms with E-state index in [9.17, 15) is 4.79 Å². The Kier molecular flexibility index (Phi) is 4.77. The van der Waals surface area contributed by atoms with E-state index in [1.54, 1.807) is 0 Å². The Morgan fingerprint density at radius 3 is 2.94 bits per heavy atom. The molecule has 1 fully saturated rings. The van der Waals surface area contributed by atoms with E-state index >= 15 is 0 Å². The first kappa shape index (κ1) is 14.0. The Balaban J connectivity index is 2.30. The minimum absolute atomic E-state index is 0.0122. The third-order valence-electron chi connectivity index (χ3n) is 3.10. The zero-order valence-electron chi connectivity index (χ0n) is 10.8. The summed E-state index contributed by atoms with van der Waals surface area (Å²) < 4.78 is 6.19. The number of aromatic amines is 1. The number of aromatic nitrogens is 2. The van der Waals surface area contributed by atoms with Gasteiger partial charge in [-0.1, -0.05) is 13.8 Å². The predicted octanol–water partition coefficient (Wildman–Crippen LogP) is 2.47. The maximum Gasteiger partial charge on any atom is 0.264 e. The minimum atomic E-state index is -0.0122. The van der Waals surface area contributed by atoms with Gasteiger partial charge in [0.2, 0.25) is 0 Å². The number of H-pyrrole nitrogens is 1. The van der Waals surface area contributed by atoms with E-state index in [0.29, 0.717) is 12.5 Å². The zero-order chi connectivity index (χ0) is 13.1. The molecule has 0 spiro atoms. The summed E-state index contributed by atoms with van der Waals surface area (Å²) in [6.07, 6.45) is 2.94. The third kappa shape index (κ3) is 3.32. The van der Waals surface area contributed by atoms with Gasteiger partial charge in [-0.3, -0.25) is 4.79 Å². The van der Waals surface area contributed by atoms with Gasteiger partial charge in [-0.05, 0) is 47.8 Å². The average molecular weight is 362 g/mol. The highest BCUT2D eigenvalue weighted by atomic mass is 127. The molecule has 1 N–H and O–H groups in total. The lowest BCUT2D eigenvalue weighted by Gasteiger charge is -2.21. The molecule has 1 aliphatic heterocycles. The first-order chi connectivity index (χ1) is 8.58. The van der Waals surface area contributed by atoms with Crippen molar-refractivity contribution in [3.05, 3.63) is 25.4 Å². The van der Waals surface area contributed by atoms with Crippen LogP contribution in [-0.4, -0.2) is 23.2 Å². The second-order valence-electron chi connectivity index (χ2n) is 5.22. The van der Waals surface area contributed by atoms with E-state index in [1.165, 1.54) is 0 Å². The van der Waals surface area contributed by atoms with Crippen LogP contribution in [0.1, 0.15) is 44.1 Å². The molecule has 1 aliphatic rings. The van der Waals surface area contributed by atoms with Gasteiger partial charge in [0.15, 0.2) is 0 Å². The second kappa shape index (κ2) is 6.14. The molecule has 4 nitrogen and oxygen atoms in total. The maximum atomic E-state index is 11.9. The maximum absolute atomic E-state index is 11.9. The van der Waals surface area contributed by atoms with E-state index in [2.05, 4.69) is 46.4 Å². The van der Waals surface area contributed by atoms with Gasteiger partial charge in [0.25, 0.3) is 5.56 Å². The van der Waals surface area contributed by atoms with Crippen LogP contribution in [0.4, 0.5) is 0 Å². The molecular weight excluding hydrogens is 343 g/mol. The standard InChI is InChI=1S/C13H19IN2O2/c1-8(2)6-10-11(14)13(17)16-12(15-10)9-4-3-5-18-7-9/h8-9H,3-7H2,1-2H3,(H,15,16,17). The van der Waals surface area contributed by atoms with Crippen LogP contribution in [0.25, 0.3) is 0 Å². The lowest BCUT2D eigenvalue weighted by molar-refractivity contribution is 0.0779. The lowest BCUT2D eigenvalue weighted by atomic mass is 10.0. The Morgan fingerprint density at radius 2 is 2.33 bits per heavy atom. The molecule has 1 saturated heterocycles. The number of nitrogens with zero attached hydrogens (tertiary/aromatic N) is 1. The van der Waals surface area contributed by atoms with Crippen molar-refractivity contribution < 1.29 is 4.74 Å². The van der Waals surface area contributed by atoms with Gasteiger partial charge >= 0.3 is 0 Å². The van der Waals surface area contributed by atoms with Gasteiger partial charge in [0.1, 0.15) is 5.82 Å². The minimum Gasteiger partial charge on any atom is -0.381 e. The van der Waals surface area contributed by atoms with Crippen LogP contribution in [0.15, 0.2) is 4.79 Å². The summed E-state index contributed by atoms with van der Waals surface area (Å²) >= 11 is 2.09. The van der Waals surface area contributed by atoms with Crippen LogP contribution in [-0.2, 0) is 11.2 Å². The van der Waals surface area contributed by atoms with Gasteiger partial charge in [0, 0.05) is 12.5 Å². The molecule has 1 unspecified atom stereocenters. The number of halogens is 1. The fourth-order valence-corrected chi connectivity index (χ4v) is 2.67. The highest BCUT2D eigenvalue weighted by molar-refractivity contribution is 14.1. The molecule has 18 heavy (non-hydrogen) atoms. The highest BCUT2D eigenvalue weighted by Gasteiger charge is 2.20. The van der Waals surface area contributed by atoms with Crippen molar-refractivity contribution in [3.63, 3.8) is 0 Å². The van der Waals surface area contributed by atoms with Gasteiger partial charge in [-0.15, -0.1) is 0 Å². The van der Waals surface area contributed by atoms with Crippen molar-refractivity contribution in [2.75, 3.05) is 13.2 Å². The average Bonchev–Trinajstić information content (AvgIpc) is 2.35. The van der Waals surface area contributed by atoms with Crippen LogP contribution < -0.4 is 5.56 Å². The SMILES string of the molecule is CC(C)Cc1nc(C2CCCOC2)[nH]c(=O)c1I. The Hall–Kier alpha value is -0.430. The second-order valence-corrected chi connectivity index (χ2v) is 6.30.